The van der Waals surface area contributed by atoms with Crippen LogP contribution in [0.15, 0.2) is 157 Å². The second-order valence-corrected chi connectivity index (χ2v) is 18.5. The average Bonchev–Trinajstić information content (AvgIpc) is 3.90. The Bertz CT molecular complexity index is 2760. The maximum atomic E-state index is 14.8. The molecule has 1 aromatic heterocycles. The van der Waals surface area contributed by atoms with Crippen LogP contribution >= 0.6 is 11.3 Å². The number of fused-ring (bicyclic) bond motifs is 18. The average molecular weight is 978 g/mol. The van der Waals surface area contributed by atoms with Crippen molar-refractivity contribution in [1.82, 2.24) is 21.3 Å². The Balaban J connectivity index is 1.25. The monoisotopic (exact) mass is 977 g/mol. The molecule has 0 saturated carbocycles. The number of carbonyl (C=O) groups excluding carboxylic acids is 6. The molecule has 0 saturated heterocycles. The Morgan fingerprint density at radius 3 is 1.76 bits per heavy atom. The number of Topliss-reactive ketones (excluding diaryl/α,β-unsaturated/α-hetero) is 1. The fraction of sp³-hybridized carbons (Fsp3) is 0.255. The predicted octanol–water partition coefficient (Wildman–Crippen LogP) is 4.59. The van der Waals surface area contributed by atoms with Crippen LogP contribution < -0.4 is 26.6 Å². The Morgan fingerprint density at radius 1 is 0.577 bits per heavy atom. The number of ketones is 1. The molecule has 2 bridgehead atoms. The van der Waals surface area contributed by atoms with Crippen molar-refractivity contribution in [2.45, 2.75) is 81.3 Å². The summed E-state index contributed by atoms with van der Waals surface area (Å²) in [5, 5.41) is 47.1. The second kappa shape index (κ2) is 24.7. The number of benzene rings is 5. The molecule has 8 N–H and O–H groups in total. The fourth-order valence-corrected chi connectivity index (χ4v) is 9.06. The third kappa shape index (κ3) is 14.6. The van der Waals surface area contributed by atoms with Gasteiger partial charge in [-0.3, -0.25) is 28.8 Å². The van der Waals surface area contributed by atoms with Crippen molar-refractivity contribution in [2.24, 2.45) is 5.92 Å². The zero-order valence-corrected chi connectivity index (χ0v) is 39.4. The van der Waals surface area contributed by atoms with Gasteiger partial charge in [0.1, 0.15) is 18.1 Å². The van der Waals surface area contributed by atoms with E-state index in [1.54, 1.807) is 60.0 Å². The summed E-state index contributed by atoms with van der Waals surface area (Å²) in [6.45, 7) is 0. The first-order chi connectivity index (χ1) is 34.3. The maximum Gasteiger partial charge on any atom is 0.326 e. The van der Waals surface area contributed by atoms with Crippen molar-refractivity contribution in [3.63, 3.8) is 0 Å². The summed E-state index contributed by atoms with van der Waals surface area (Å²) in [5.74, 6) is -7.64. The topological polar surface area (TPSA) is 240 Å². The van der Waals surface area contributed by atoms with E-state index in [4.69, 9.17) is 0 Å². The molecule has 6 aromatic rings. The van der Waals surface area contributed by atoms with Gasteiger partial charge in [-0.25, -0.2) is 4.79 Å². The van der Waals surface area contributed by atoms with Crippen LogP contribution in [0, 0.1) is 5.92 Å². The Kier molecular flexibility index (Phi) is 17.7. The van der Waals surface area contributed by atoms with Crippen molar-refractivity contribution in [1.29, 1.82) is 0 Å². The molecule has 5 aromatic carbocycles. The van der Waals surface area contributed by atoms with Gasteiger partial charge in [0, 0.05) is 42.2 Å². The van der Waals surface area contributed by atoms with Gasteiger partial charge in [0.25, 0.3) is 11.8 Å². The standard InChI is InChI=1S/C55H55N5O10S/c61-47-32-40(50(64)60-46(55(69)70)31-35-13-6-2-7-14-35)29-36-20-25-41(26-21-36)56-53(67)48(62)49(63)54(68)59-45(33-42-17-10-28-71-42)52(66)58-44(51(65)57-43(47)27-22-34-11-4-1-5-12-34)30-37-18-23-39(24-19-37)38-15-8-3-9-16-38/h1-21,23-26,28,40,43-46,48-49,62-63H,22,27,29-33H2,(H,56,67)(H,57,65)(H,58,66)(H,59,68)(H,60,64)(H,69,70)/t40-,43+,44-,45+,46+,48-,49-/m1/s1. The maximum absolute atomic E-state index is 14.8. The van der Waals surface area contributed by atoms with Crippen LogP contribution in [0.1, 0.15) is 40.0 Å². The van der Waals surface area contributed by atoms with Crippen molar-refractivity contribution in [3.8, 4) is 11.1 Å². The summed E-state index contributed by atoms with van der Waals surface area (Å²) in [7, 11) is 0. The number of hydrogen-bond donors (Lipinski definition) is 8. The van der Waals surface area contributed by atoms with E-state index in [-0.39, 0.29) is 37.8 Å². The molecule has 2 aliphatic rings. The van der Waals surface area contributed by atoms with E-state index in [1.807, 2.05) is 84.9 Å². The van der Waals surface area contributed by atoms with Gasteiger partial charge >= 0.3 is 5.97 Å². The van der Waals surface area contributed by atoms with Crippen LogP contribution in [0.4, 0.5) is 5.69 Å². The quantitative estimate of drug-likeness (QED) is 0.0749. The number of carboxylic acids is 1. The molecule has 0 fully saturated rings. The molecule has 0 spiro atoms. The molecule has 0 unspecified atom stereocenters. The number of carbonyl (C=O) groups is 7. The van der Waals surface area contributed by atoms with E-state index in [0.29, 0.717) is 28.0 Å². The highest BCUT2D eigenvalue weighted by molar-refractivity contribution is 7.09. The highest BCUT2D eigenvalue weighted by Crippen LogP contribution is 2.23. The molecule has 366 valence electrons. The lowest BCUT2D eigenvalue weighted by Crippen LogP contribution is -2.58. The number of rotatable bonds is 13. The lowest BCUT2D eigenvalue weighted by atomic mass is 9.89. The number of thiophene rings is 1. The van der Waals surface area contributed by atoms with Crippen molar-refractivity contribution >= 4 is 58.3 Å². The van der Waals surface area contributed by atoms with Gasteiger partial charge in [-0.1, -0.05) is 133 Å². The summed E-state index contributed by atoms with van der Waals surface area (Å²) in [5.41, 5.74) is 4.69. The van der Waals surface area contributed by atoms with Crippen LogP contribution in [0.2, 0.25) is 0 Å². The van der Waals surface area contributed by atoms with Crippen molar-refractivity contribution < 1.29 is 48.9 Å². The zero-order valence-electron chi connectivity index (χ0n) is 38.6. The van der Waals surface area contributed by atoms with E-state index >= 15 is 0 Å². The summed E-state index contributed by atoms with van der Waals surface area (Å²) in [6.07, 6.45) is -4.89. The van der Waals surface area contributed by atoms with Gasteiger partial charge in [-0.15, -0.1) is 11.3 Å². The molecule has 71 heavy (non-hydrogen) atoms. The van der Waals surface area contributed by atoms with Gasteiger partial charge in [0.05, 0.1) is 6.04 Å². The molecule has 0 aliphatic carbocycles. The predicted molar refractivity (Wildman–Crippen MR) is 268 cm³/mol. The minimum absolute atomic E-state index is 0.0370. The molecule has 2 aliphatic heterocycles. The number of nitrogens with one attached hydrogen (secondary N) is 5. The number of aliphatic hydroxyl groups is 2. The fourth-order valence-electron chi connectivity index (χ4n) is 8.31. The van der Waals surface area contributed by atoms with Crippen LogP contribution in [0.3, 0.4) is 0 Å². The van der Waals surface area contributed by atoms with Crippen molar-refractivity contribution in [2.75, 3.05) is 5.32 Å². The third-order valence-corrected chi connectivity index (χ3v) is 13.2. The van der Waals surface area contributed by atoms with Gasteiger partial charge in [0.2, 0.25) is 17.7 Å². The van der Waals surface area contributed by atoms with E-state index in [9.17, 15) is 48.9 Å². The van der Waals surface area contributed by atoms with E-state index in [0.717, 1.165) is 16.7 Å². The van der Waals surface area contributed by atoms with Gasteiger partial charge in [-0.05, 0) is 76.2 Å². The minimum Gasteiger partial charge on any atom is -0.480 e. The molecule has 15 nitrogen and oxygen atoms in total. The number of aliphatic hydroxyl groups excluding tert-OH is 2. The molecule has 8 rings (SSSR count). The number of amides is 5. The molecule has 0 radical (unpaired) electrons. The Hall–Kier alpha value is -7.79. The van der Waals surface area contributed by atoms with E-state index < -0.39 is 90.0 Å². The van der Waals surface area contributed by atoms with E-state index in [1.165, 1.54) is 23.5 Å². The lowest BCUT2D eigenvalue weighted by Gasteiger charge is -2.27. The highest BCUT2D eigenvalue weighted by atomic mass is 32.1. The SMILES string of the molecule is O=C(N[C@@H](Cc1ccccc1)C(=O)O)[C@H]1CC(=O)[C@H](CCc2ccccc2)NC(=O)[C@@H](Cc2ccc(-c3ccccc3)cc2)NC(=O)[C@H](Cc2cccs2)NC(=O)[C@H](O)[C@@H](O)C(=O)Nc2ccc(cc2)C1. The number of hydrogen-bond acceptors (Lipinski definition) is 10. The number of aliphatic carboxylic acids is 1. The third-order valence-electron chi connectivity index (χ3n) is 12.3. The number of carboxylic acid groups (broad SMARTS) is 1. The van der Waals surface area contributed by atoms with Gasteiger partial charge in [0.15, 0.2) is 18.0 Å². The lowest BCUT2D eigenvalue weighted by molar-refractivity contribution is -0.144. The summed E-state index contributed by atoms with van der Waals surface area (Å²) in [4.78, 5) is 98.4. The first kappa shape index (κ1) is 51.1. The van der Waals surface area contributed by atoms with Gasteiger partial charge < -0.3 is 41.9 Å². The molecule has 7 atom stereocenters. The molecular weight excluding hydrogens is 923 g/mol. The molecular formula is C55H55N5O10S. The zero-order chi connectivity index (χ0) is 50.3. The van der Waals surface area contributed by atoms with Crippen molar-refractivity contribution in [3.05, 3.63) is 184 Å². The molecule has 5 amide bonds. The Morgan fingerprint density at radius 2 is 1.14 bits per heavy atom. The highest BCUT2D eigenvalue weighted by Gasteiger charge is 2.36. The van der Waals surface area contributed by atoms with Crippen LogP contribution in [0.25, 0.3) is 11.1 Å². The first-order valence-electron chi connectivity index (χ1n) is 23.3. The minimum atomic E-state index is -2.32. The first-order valence-corrected chi connectivity index (χ1v) is 24.1. The largest absolute Gasteiger partial charge is 0.480 e. The van der Waals surface area contributed by atoms with Gasteiger partial charge in [-0.2, -0.15) is 0 Å². The van der Waals surface area contributed by atoms with E-state index in [2.05, 4.69) is 26.6 Å². The normalized spacial score (nSPS) is 20.8. The van der Waals surface area contributed by atoms with Crippen LogP contribution in [-0.4, -0.2) is 93.0 Å². The second-order valence-electron chi connectivity index (χ2n) is 17.5. The smallest absolute Gasteiger partial charge is 0.326 e. The van der Waals surface area contributed by atoms with Crippen LogP contribution in [-0.2, 0) is 65.7 Å². The molecule has 3 heterocycles. The molecule has 16 heteroatoms. The summed E-state index contributed by atoms with van der Waals surface area (Å²) < 4.78 is 0. The number of aryl methyl sites for hydroxylation is 1. The Labute approximate surface area is 414 Å². The summed E-state index contributed by atoms with van der Waals surface area (Å²) in [6, 6.07) is 39.2. The van der Waals surface area contributed by atoms with Crippen LogP contribution in [0.5, 0.6) is 0 Å². The number of anilines is 1. The summed E-state index contributed by atoms with van der Waals surface area (Å²) >= 11 is 1.29.